The highest BCUT2D eigenvalue weighted by Gasteiger charge is 2.67. The van der Waals surface area contributed by atoms with Crippen LogP contribution in [0.5, 0.6) is 0 Å². The summed E-state index contributed by atoms with van der Waals surface area (Å²) in [6.07, 6.45) is 5.64. The maximum atomic E-state index is 13.0. The Labute approximate surface area is 142 Å². The van der Waals surface area contributed by atoms with E-state index in [-0.39, 0.29) is 23.7 Å². The van der Waals surface area contributed by atoms with Crippen LogP contribution in [-0.4, -0.2) is 11.8 Å². The van der Waals surface area contributed by atoms with Crippen molar-refractivity contribution in [1.29, 1.82) is 0 Å². The molecule has 1 heterocycles. The van der Waals surface area contributed by atoms with E-state index in [0.29, 0.717) is 23.7 Å². The average molecular weight is 405 g/mol. The number of hydrogen-bond donors (Lipinski definition) is 0. The lowest BCUT2D eigenvalue weighted by atomic mass is 9.63. The van der Waals surface area contributed by atoms with Gasteiger partial charge in [-0.25, -0.2) is 4.90 Å². The van der Waals surface area contributed by atoms with Crippen LogP contribution in [0.3, 0.4) is 0 Å². The van der Waals surface area contributed by atoms with Crippen molar-refractivity contribution in [1.82, 2.24) is 0 Å². The van der Waals surface area contributed by atoms with Crippen molar-refractivity contribution < 1.29 is 9.59 Å². The van der Waals surface area contributed by atoms with Gasteiger partial charge in [-0.2, -0.15) is 0 Å². The molecule has 1 aliphatic heterocycles. The first kappa shape index (κ1) is 13.3. The molecule has 0 aromatic heterocycles. The number of benzene rings is 1. The fraction of sp³-hybridized carbons (Fsp3) is 0.444. The van der Waals surface area contributed by atoms with Crippen molar-refractivity contribution in [3.8, 4) is 0 Å². The molecule has 3 fully saturated rings. The van der Waals surface area contributed by atoms with Crippen molar-refractivity contribution in [2.45, 2.75) is 13.3 Å². The number of carbonyl (C=O) groups excluding carboxylic acids is 2. The minimum atomic E-state index is -0.107. The van der Waals surface area contributed by atoms with E-state index in [4.69, 9.17) is 0 Å². The van der Waals surface area contributed by atoms with Crippen molar-refractivity contribution >= 4 is 40.1 Å². The van der Waals surface area contributed by atoms with E-state index in [1.807, 2.05) is 25.1 Å². The van der Waals surface area contributed by atoms with Crippen molar-refractivity contribution in [2.75, 3.05) is 4.90 Å². The van der Waals surface area contributed by atoms with Gasteiger partial charge in [-0.05, 0) is 83.4 Å². The molecule has 2 amide bonds. The highest BCUT2D eigenvalue weighted by atomic mass is 127. The molecule has 112 valence electrons. The molecule has 0 radical (unpaired) electrons. The van der Waals surface area contributed by atoms with Crippen LogP contribution in [0.1, 0.15) is 12.0 Å². The molecule has 22 heavy (non-hydrogen) atoms. The Morgan fingerprint density at radius 3 is 2.18 bits per heavy atom. The molecule has 6 rings (SSSR count). The zero-order chi connectivity index (χ0) is 15.2. The van der Waals surface area contributed by atoms with E-state index in [0.717, 1.165) is 14.8 Å². The summed E-state index contributed by atoms with van der Waals surface area (Å²) in [5, 5.41) is 0. The molecule has 5 aliphatic rings. The number of carbonyl (C=O) groups is 2. The molecule has 4 aliphatic carbocycles. The second-order valence-corrected chi connectivity index (χ2v) is 8.34. The molecule has 6 unspecified atom stereocenters. The second kappa shape index (κ2) is 4.22. The number of nitrogens with zero attached hydrogens (tertiary/aromatic N) is 1. The Morgan fingerprint density at radius 2 is 1.64 bits per heavy atom. The van der Waals surface area contributed by atoms with Crippen LogP contribution in [0.25, 0.3) is 0 Å². The van der Waals surface area contributed by atoms with Crippen LogP contribution < -0.4 is 4.90 Å². The first-order valence-electron chi connectivity index (χ1n) is 7.90. The number of allylic oxidation sites excluding steroid dienone is 2. The summed E-state index contributed by atoms with van der Waals surface area (Å²) >= 11 is 2.26. The molecule has 0 N–H and O–H groups in total. The lowest BCUT2D eigenvalue weighted by Gasteiger charge is -2.37. The van der Waals surface area contributed by atoms with E-state index in [1.54, 1.807) is 0 Å². The van der Waals surface area contributed by atoms with Gasteiger partial charge in [0, 0.05) is 3.57 Å². The Hall–Kier alpha value is -1.17. The zero-order valence-corrected chi connectivity index (χ0v) is 14.4. The second-order valence-electron chi connectivity index (χ2n) is 7.10. The van der Waals surface area contributed by atoms with Gasteiger partial charge in [-0.15, -0.1) is 0 Å². The molecular weight excluding hydrogens is 389 g/mol. The van der Waals surface area contributed by atoms with Crippen molar-refractivity contribution in [2.24, 2.45) is 35.5 Å². The van der Waals surface area contributed by atoms with Crippen LogP contribution in [0.2, 0.25) is 0 Å². The SMILES string of the molecule is Cc1cc(I)ccc1N1C(=O)C2C3C=CC(C4CC34)C2C1=O. The van der Waals surface area contributed by atoms with Crippen LogP contribution in [-0.2, 0) is 9.59 Å². The molecule has 1 saturated heterocycles. The number of halogens is 1. The number of imide groups is 1. The predicted octanol–water partition coefficient (Wildman–Crippen LogP) is 3.16. The summed E-state index contributed by atoms with van der Waals surface area (Å²) in [5.41, 5.74) is 1.77. The highest BCUT2D eigenvalue weighted by Crippen LogP contribution is 2.65. The number of rotatable bonds is 1. The Morgan fingerprint density at radius 1 is 1.05 bits per heavy atom. The number of anilines is 1. The fourth-order valence-electron chi connectivity index (χ4n) is 5.06. The maximum absolute atomic E-state index is 13.0. The quantitative estimate of drug-likeness (QED) is 0.409. The van der Waals surface area contributed by atoms with Gasteiger partial charge in [-0.1, -0.05) is 12.2 Å². The highest BCUT2D eigenvalue weighted by molar-refractivity contribution is 14.1. The molecule has 4 heteroatoms. The summed E-state index contributed by atoms with van der Waals surface area (Å²) in [6.45, 7) is 1.98. The number of amides is 2. The largest absolute Gasteiger partial charge is 0.274 e. The number of aryl methyl sites for hydroxylation is 1. The average Bonchev–Trinajstić information content (AvgIpc) is 3.26. The van der Waals surface area contributed by atoms with E-state index in [2.05, 4.69) is 34.7 Å². The van der Waals surface area contributed by atoms with Crippen molar-refractivity contribution in [3.05, 3.63) is 39.5 Å². The first-order valence-corrected chi connectivity index (χ1v) is 8.98. The number of hydrogen-bond acceptors (Lipinski definition) is 2. The van der Waals surface area contributed by atoms with Crippen LogP contribution >= 0.6 is 22.6 Å². The van der Waals surface area contributed by atoms with Crippen LogP contribution in [0, 0.1) is 46.0 Å². The molecule has 3 nitrogen and oxygen atoms in total. The van der Waals surface area contributed by atoms with E-state index in [1.165, 1.54) is 11.3 Å². The van der Waals surface area contributed by atoms with Crippen molar-refractivity contribution in [3.63, 3.8) is 0 Å². The molecule has 1 aromatic carbocycles. The summed E-state index contributed by atoms with van der Waals surface area (Å²) in [6, 6.07) is 5.92. The Bertz CT molecular complexity index is 719. The third-order valence-electron chi connectivity index (χ3n) is 6.06. The van der Waals surface area contributed by atoms with Gasteiger partial charge < -0.3 is 0 Å². The molecule has 2 saturated carbocycles. The van der Waals surface area contributed by atoms with Gasteiger partial charge in [0.2, 0.25) is 11.8 Å². The van der Waals surface area contributed by atoms with E-state index < -0.39 is 0 Å². The smallest absolute Gasteiger partial charge is 0.238 e. The predicted molar refractivity (Wildman–Crippen MR) is 91.1 cm³/mol. The third-order valence-corrected chi connectivity index (χ3v) is 6.73. The van der Waals surface area contributed by atoms with Gasteiger partial charge >= 0.3 is 0 Å². The molecular formula is C18H16INO2. The monoisotopic (exact) mass is 405 g/mol. The summed E-state index contributed by atoms with van der Waals surface area (Å²) in [5.74, 6) is 1.76. The summed E-state index contributed by atoms with van der Waals surface area (Å²) < 4.78 is 1.12. The van der Waals surface area contributed by atoms with Crippen LogP contribution in [0.4, 0.5) is 5.69 Å². The van der Waals surface area contributed by atoms with Gasteiger partial charge in [-0.3, -0.25) is 9.59 Å². The van der Waals surface area contributed by atoms with Crippen LogP contribution in [0.15, 0.2) is 30.4 Å². The van der Waals surface area contributed by atoms with Gasteiger partial charge in [0.15, 0.2) is 0 Å². The molecule has 0 spiro atoms. The molecule has 1 aromatic rings. The molecule has 2 bridgehead atoms. The maximum Gasteiger partial charge on any atom is 0.238 e. The topological polar surface area (TPSA) is 37.4 Å². The normalized spacial score (nSPS) is 40.9. The van der Waals surface area contributed by atoms with E-state index in [9.17, 15) is 9.59 Å². The minimum Gasteiger partial charge on any atom is -0.274 e. The summed E-state index contributed by atoms with van der Waals surface area (Å²) in [4.78, 5) is 27.5. The zero-order valence-electron chi connectivity index (χ0n) is 12.2. The van der Waals surface area contributed by atoms with Gasteiger partial charge in [0.1, 0.15) is 0 Å². The Balaban J connectivity index is 1.60. The molecule has 6 atom stereocenters. The minimum absolute atomic E-state index is 0.0315. The third kappa shape index (κ3) is 1.52. The lowest BCUT2D eigenvalue weighted by Crippen LogP contribution is -2.40. The summed E-state index contributed by atoms with van der Waals surface area (Å²) in [7, 11) is 0. The fourth-order valence-corrected chi connectivity index (χ4v) is 5.71. The first-order chi connectivity index (χ1) is 10.6. The van der Waals surface area contributed by atoms with Gasteiger partial charge in [0.05, 0.1) is 17.5 Å². The van der Waals surface area contributed by atoms with E-state index >= 15 is 0 Å². The lowest BCUT2D eigenvalue weighted by molar-refractivity contribution is -0.124. The van der Waals surface area contributed by atoms with Gasteiger partial charge in [0.25, 0.3) is 0 Å². The standard InChI is InChI=1S/C18H16INO2/c1-8-6-9(19)2-5-14(8)20-17(21)15-10-3-4-11(13-7-12(10)13)16(15)18(20)22/h2-6,10-13,15-16H,7H2,1H3. The Kier molecular flexibility index (Phi) is 2.55.